The summed E-state index contributed by atoms with van der Waals surface area (Å²) < 4.78 is 0. The highest BCUT2D eigenvalue weighted by Crippen LogP contribution is 2.48. The zero-order chi connectivity index (χ0) is 17.5. The maximum absolute atomic E-state index is 2.86. The monoisotopic (exact) mass is 345 g/mol. The molecule has 0 amide bonds. The molecule has 2 bridgehead atoms. The number of piperidine rings is 1. The minimum atomic E-state index is 0.724. The highest BCUT2D eigenvalue weighted by Gasteiger charge is 2.42. The standard InChI is InChI=1S/C25H31N/c1-18-5-4-6-21(15-18)24-8-3-2-7-23(24)20-11-13-26(14-12-20)25-17-19-9-10-22(25)16-19/h2-8,15,19-20,22,25H,9-14,16-17H2,1H3/t19-,22?,25-/m0/s1. The first kappa shape index (κ1) is 16.6. The summed E-state index contributed by atoms with van der Waals surface area (Å²) in [5.74, 6) is 2.81. The van der Waals surface area contributed by atoms with Crippen LogP contribution in [0, 0.1) is 18.8 Å². The highest BCUT2D eigenvalue weighted by atomic mass is 15.2. The third kappa shape index (κ3) is 3.01. The zero-order valence-corrected chi connectivity index (χ0v) is 16.0. The van der Waals surface area contributed by atoms with Crippen LogP contribution in [0.15, 0.2) is 48.5 Å². The molecule has 1 unspecified atom stereocenters. The maximum Gasteiger partial charge on any atom is 0.0126 e. The summed E-state index contributed by atoms with van der Waals surface area (Å²) in [6, 6.07) is 19.1. The van der Waals surface area contributed by atoms with Gasteiger partial charge in [-0.3, -0.25) is 0 Å². The smallest absolute Gasteiger partial charge is 0.0126 e. The van der Waals surface area contributed by atoms with E-state index >= 15 is 0 Å². The van der Waals surface area contributed by atoms with Gasteiger partial charge in [0.25, 0.3) is 0 Å². The minimum absolute atomic E-state index is 0.724. The number of aryl methyl sites for hydroxylation is 1. The van der Waals surface area contributed by atoms with Crippen molar-refractivity contribution < 1.29 is 0 Å². The average molecular weight is 346 g/mol. The van der Waals surface area contributed by atoms with Crippen molar-refractivity contribution in [3.8, 4) is 11.1 Å². The molecule has 2 aromatic rings. The van der Waals surface area contributed by atoms with Gasteiger partial charge in [0.05, 0.1) is 0 Å². The Hall–Kier alpha value is -1.60. The van der Waals surface area contributed by atoms with Crippen LogP contribution in [0.25, 0.3) is 11.1 Å². The molecule has 1 heteroatoms. The second-order valence-corrected chi connectivity index (χ2v) is 9.01. The second-order valence-electron chi connectivity index (χ2n) is 9.01. The number of benzene rings is 2. The van der Waals surface area contributed by atoms with E-state index in [0.717, 1.165) is 23.8 Å². The number of likely N-dealkylation sites (tertiary alicyclic amines) is 1. The Morgan fingerprint density at radius 1 is 0.846 bits per heavy atom. The SMILES string of the molecule is Cc1cccc(-c2ccccc2C2CCN([C@H]3C[C@H]4CCC3C4)CC2)c1. The van der Waals surface area contributed by atoms with Gasteiger partial charge >= 0.3 is 0 Å². The maximum atomic E-state index is 2.86. The topological polar surface area (TPSA) is 3.24 Å². The van der Waals surface area contributed by atoms with E-state index in [2.05, 4.69) is 60.4 Å². The quantitative estimate of drug-likeness (QED) is 0.656. The predicted molar refractivity (Wildman–Crippen MR) is 109 cm³/mol. The molecule has 3 atom stereocenters. The lowest BCUT2D eigenvalue weighted by molar-refractivity contribution is 0.111. The van der Waals surface area contributed by atoms with E-state index in [-0.39, 0.29) is 0 Å². The van der Waals surface area contributed by atoms with Gasteiger partial charge in [0.1, 0.15) is 0 Å². The molecule has 2 saturated carbocycles. The summed E-state index contributed by atoms with van der Waals surface area (Å²) in [4.78, 5) is 2.86. The van der Waals surface area contributed by atoms with Crippen LogP contribution >= 0.6 is 0 Å². The average Bonchev–Trinajstić information content (AvgIpc) is 3.32. The molecule has 1 heterocycles. The molecular formula is C25H31N. The van der Waals surface area contributed by atoms with E-state index in [0.29, 0.717) is 0 Å². The van der Waals surface area contributed by atoms with Crippen molar-refractivity contribution in [2.45, 2.75) is 57.4 Å². The van der Waals surface area contributed by atoms with Crippen LogP contribution in [0.3, 0.4) is 0 Å². The Morgan fingerprint density at radius 3 is 2.42 bits per heavy atom. The third-order valence-electron chi connectivity index (χ3n) is 7.43. The van der Waals surface area contributed by atoms with Crippen LogP contribution in [0.2, 0.25) is 0 Å². The lowest BCUT2D eigenvalue weighted by atomic mass is 9.83. The second kappa shape index (κ2) is 6.85. The van der Waals surface area contributed by atoms with Crippen LogP contribution in [-0.4, -0.2) is 24.0 Å². The van der Waals surface area contributed by atoms with Gasteiger partial charge in [-0.15, -0.1) is 0 Å². The van der Waals surface area contributed by atoms with Gasteiger partial charge in [0, 0.05) is 6.04 Å². The minimum Gasteiger partial charge on any atom is -0.300 e. The molecule has 1 saturated heterocycles. The van der Waals surface area contributed by atoms with Crippen molar-refractivity contribution >= 4 is 0 Å². The molecule has 0 spiro atoms. The van der Waals surface area contributed by atoms with Crippen molar-refractivity contribution in [1.82, 2.24) is 4.90 Å². The molecule has 0 aromatic heterocycles. The Balaban J connectivity index is 1.33. The van der Waals surface area contributed by atoms with Gasteiger partial charge in [-0.05, 0) is 86.6 Å². The molecule has 3 aliphatic rings. The first-order valence-electron chi connectivity index (χ1n) is 10.7. The fraction of sp³-hybridized carbons (Fsp3) is 0.520. The van der Waals surface area contributed by atoms with Crippen LogP contribution in [0.5, 0.6) is 0 Å². The van der Waals surface area contributed by atoms with Crippen molar-refractivity contribution in [3.05, 3.63) is 59.7 Å². The molecule has 2 aromatic carbocycles. The Bertz CT molecular complexity index is 771. The zero-order valence-electron chi connectivity index (χ0n) is 16.0. The van der Waals surface area contributed by atoms with Crippen LogP contribution in [0.1, 0.15) is 55.6 Å². The molecule has 0 radical (unpaired) electrons. The molecular weight excluding hydrogens is 314 g/mol. The Labute approximate surface area is 158 Å². The number of hydrogen-bond acceptors (Lipinski definition) is 1. The first-order valence-corrected chi connectivity index (χ1v) is 10.7. The largest absolute Gasteiger partial charge is 0.300 e. The molecule has 26 heavy (non-hydrogen) atoms. The van der Waals surface area contributed by atoms with E-state index in [9.17, 15) is 0 Å². The molecule has 1 aliphatic heterocycles. The molecule has 5 rings (SSSR count). The highest BCUT2D eigenvalue weighted by molar-refractivity contribution is 5.68. The van der Waals surface area contributed by atoms with Gasteiger partial charge in [0.2, 0.25) is 0 Å². The van der Waals surface area contributed by atoms with Gasteiger partial charge in [-0.2, -0.15) is 0 Å². The fourth-order valence-corrected chi connectivity index (χ4v) is 6.13. The predicted octanol–water partition coefficient (Wildman–Crippen LogP) is 6.03. The molecule has 136 valence electrons. The van der Waals surface area contributed by atoms with Crippen molar-refractivity contribution in [3.63, 3.8) is 0 Å². The van der Waals surface area contributed by atoms with Gasteiger partial charge < -0.3 is 4.90 Å². The van der Waals surface area contributed by atoms with Gasteiger partial charge in [-0.1, -0.05) is 60.5 Å². The van der Waals surface area contributed by atoms with Crippen LogP contribution < -0.4 is 0 Å². The number of fused-ring (bicyclic) bond motifs is 2. The fourth-order valence-electron chi connectivity index (χ4n) is 6.13. The Kier molecular flexibility index (Phi) is 4.36. The summed E-state index contributed by atoms with van der Waals surface area (Å²) in [6.07, 6.45) is 8.70. The van der Waals surface area contributed by atoms with E-state index in [1.54, 1.807) is 5.56 Å². The third-order valence-corrected chi connectivity index (χ3v) is 7.43. The van der Waals surface area contributed by atoms with Crippen molar-refractivity contribution in [2.24, 2.45) is 11.8 Å². The first-order chi connectivity index (χ1) is 12.8. The van der Waals surface area contributed by atoms with Crippen LogP contribution in [0.4, 0.5) is 0 Å². The summed E-state index contributed by atoms with van der Waals surface area (Å²) >= 11 is 0. The van der Waals surface area contributed by atoms with E-state index in [4.69, 9.17) is 0 Å². The van der Waals surface area contributed by atoms with E-state index in [1.165, 1.54) is 68.3 Å². The van der Waals surface area contributed by atoms with Crippen LogP contribution in [-0.2, 0) is 0 Å². The molecule has 1 nitrogen and oxygen atoms in total. The van der Waals surface area contributed by atoms with Crippen molar-refractivity contribution in [2.75, 3.05) is 13.1 Å². The lowest BCUT2D eigenvalue weighted by Gasteiger charge is -2.40. The van der Waals surface area contributed by atoms with E-state index in [1.807, 2.05) is 0 Å². The summed E-state index contributed by atoms with van der Waals surface area (Å²) in [6.45, 7) is 4.81. The van der Waals surface area contributed by atoms with Gasteiger partial charge in [-0.25, -0.2) is 0 Å². The van der Waals surface area contributed by atoms with Gasteiger partial charge in [0.15, 0.2) is 0 Å². The van der Waals surface area contributed by atoms with Crippen molar-refractivity contribution in [1.29, 1.82) is 0 Å². The molecule has 2 aliphatic carbocycles. The summed E-state index contributed by atoms with van der Waals surface area (Å²) in [7, 11) is 0. The normalized spacial score (nSPS) is 29.3. The summed E-state index contributed by atoms with van der Waals surface area (Å²) in [5, 5.41) is 0. The molecule has 3 fully saturated rings. The van der Waals surface area contributed by atoms with E-state index < -0.39 is 0 Å². The number of hydrogen-bond donors (Lipinski definition) is 0. The Morgan fingerprint density at radius 2 is 1.69 bits per heavy atom. The molecule has 0 N–H and O–H groups in total. The number of rotatable bonds is 3. The number of nitrogens with zero attached hydrogens (tertiary/aromatic N) is 1. The summed E-state index contributed by atoms with van der Waals surface area (Å²) in [5.41, 5.74) is 5.76. The lowest BCUT2D eigenvalue weighted by Crippen LogP contribution is -2.43.